The normalized spacial score (nSPS) is 17.1. The first-order valence-electron chi connectivity index (χ1n) is 5.79. The molecule has 1 aromatic heterocycles. The highest BCUT2D eigenvalue weighted by Crippen LogP contribution is 2.20. The minimum Gasteiger partial charge on any atom is -0.364 e. The lowest BCUT2D eigenvalue weighted by Crippen LogP contribution is -2.36. The summed E-state index contributed by atoms with van der Waals surface area (Å²) in [4.78, 5) is 13.0. The zero-order valence-electron chi connectivity index (χ0n) is 9.67. The Bertz CT molecular complexity index is 383. The van der Waals surface area contributed by atoms with Gasteiger partial charge in [0.15, 0.2) is 11.5 Å². The molecule has 0 aliphatic carbocycles. The molecule has 0 spiro atoms. The highest BCUT2D eigenvalue weighted by atomic mass is 16.1. The van der Waals surface area contributed by atoms with Crippen molar-refractivity contribution in [2.24, 2.45) is 17.4 Å². The molecule has 0 aromatic carbocycles. The molecule has 92 valence electrons. The third-order valence-electron chi connectivity index (χ3n) is 3.17. The van der Waals surface area contributed by atoms with Crippen molar-refractivity contribution in [3.63, 3.8) is 0 Å². The number of anilines is 1. The van der Waals surface area contributed by atoms with Gasteiger partial charge >= 0.3 is 0 Å². The maximum atomic E-state index is 10.9. The first-order valence-corrected chi connectivity index (χ1v) is 5.79. The summed E-state index contributed by atoms with van der Waals surface area (Å²) in [6, 6.07) is 3.40. The third-order valence-corrected chi connectivity index (χ3v) is 3.17. The van der Waals surface area contributed by atoms with Crippen molar-refractivity contribution >= 4 is 11.7 Å². The monoisotopic (exact) mass is 235 g/mol. The number of carbonyl (C=O) groups excluding carboxylic acids is 1. The molecular weight excluding hydrogens is 218 g/mol. The molecular formula is C11H17N5O. The van der Waals surface area contributed by atoms with E-state index in [0.29, 0.717) is 5.92 Å². The first kappa shape index (κ1) is 11.8. The van der Waals surface area contributed by atoms with E-state index in [4.69, 9.17) is 11.5 Å². The molecule has 0 unspecified atom stereocenters. The van der Waals surface area contributed by atoms with Crippen LogP contribution in [0.3, 0.4) is 0 Å². The Balaban J connectivity index is 2.01. The van der Waals surface area contributed by atoms with Crippen LogP contribution in [0.1, 0.15) is 23.3 Å². The summed E-state index contributed by atoms with van der Waals surface area (Å²) < 4.78 is 0. The van der Waals surface area contributed by atoms with E-state index in [1.54, 1.807) is 12.1 Å². The lowest BCUT2D eigenvalue weighted by molar-refractivity contribution is 0.0994. The summed E-state index contributed by atoms with van der Waals surface area (Å²) >= 11 is 0. The van der Waals surface area contributed by atoms with Crippen LogP contribution in [0.5, 0.6) is 0 Å². The fourth-order valence-electron chi connectivity index (χ4n) is 2.02. The molecule has 1 fully saturated rings. The van der Waals surface area contributed by atoms with Crippen molar-refractivity contribution in [1.29, 1.82) is 0 Å². The second kappa shape index (κ2) is 5.09. The van der Waals surface area contributed by atoms with Crippen molar-refractivity contribution in [2.75, 3.05) is 24.5 Å². The number of piperidine rings is 1. The van der Waals surface area contributed by atoms with Gasteiger partial charge in [0.1, 0.15) is 0 Å². The maximum Gasteiger partial charge on any atom is 0.269 e. The van der Waals surface area contributed by atoms with Crippen LogP contribution in [-0.2, 0) is 0 Å². The van der Waals surface area contributed by atoms with Crippen LogP contribution < -0.4 is 16.4 Å². The maximum absolute atomic E-state index is 10.9. The summed E-state index contributed by atoms with van der Waals surface area (Å²) in [5.74, 6) is 0.862. The molecule has 1 aromatic rings. The van der Waals surface area contributed by atoms with E-state index in [2.05, 4.69) is 15.1 Å². The highest BCUT2D eigenvalue weighted by Gasteiger charge is 2.19. The predicted octanol–water partition coefficient (Wildman–Crippen LogP) is -0.249. The quantitative estimate of drug-likeness (QED) is 0.752. The number of nitrogens with zero attached hydrogens (tertiary/aromatic N) is 3. The average molecular weight is 235 g/mol. The highest BCUT2D eigenvalue weighted by molar-refractivity contribution is 5.90. The lowest BCUT2D eigenvalue weighted by Gasteiger charge is -2.31. The van der Waals surface area contributed by atoms with Crippen molar-refractivity contribution in [1.82, 2.24) is 10.2 Å². The second-order valence-electron chi connectivity index (χ2n) is 4.31. The smallest absolute Gasteiger partial charge is 0.269 e. The van der Waals surface area contributed by atoms with Crippen molar-refractivity contribution < 1.29 is 4.79 Å². The van der Waals surface area contributed by atoms with Gasteiger partial charge < -0.3 is 16.4 Å². The van der Waals surface area contributed by atoms with Gasteiger partial charge in [0.2, 0.25) is 0 Å². The van der Waals surface area contributed by atoms with Crippen LogP contribution in [0, 0.1) is 5.92 Å². The zero-order chi connectivity index (χ0) is 12.3. The van der Waals surface area contributed by atoms with Crippen molar-refractivity contribution in [3.05, 3.63) is 17.8 Å². The van der Waals surface area contributed by atoms with E-state index in [-0.39, 0.29) is 5.69 Å². The molecule has 2 rings (SSSR count). The molecule has 6 nitrogen and oxygen atoms in total. The Labute approximate surface area is 100.0 Å². The Morgan fingerprint density at radius 2 is 2.06 bits per heavy atom. The van der Waals surface area contributed by atoms with Gasteiger partial charge in [-0.1, -0.05) is 0 Å². The molecule has 0 saturated carbocycles. The molecule has 0 atom stereocenters. The summed E-state index contributed by atoms with van der Waals surface area (Å²) in [7, 11) is 0. The number of primary amides is 1. The number of hydrogen-bond acceptors (Lipinski definition) is 5. The fraction of sp³-hybridized carbons (Fsp3) is 0.545. The Kier molecular flexibility index (Phi) is 3.53. The second-order valence-corrected chi connectivity index (χ2v) is 4.31. The van der Waals surface area contributed by atoms with E-state index < -0.39 is 5.91 Å². The van der Waals surface area contributed by atoms with Gasteiger partial charge in [0.25, 0.3) is 5.91 Å². The Hall–Kier alpha value is -1.69. The van der Waals surface area contributed by atoms with Gasteiger partial charge in [-0.2, -0.15) is 0 Å². The van der Waals surface area contributed by atoms with Gasteiger partial charge in [-0.15, -0.1) is 10.2 Å². The van der Waals surface area contributed by atoms with Crippen molar-refractivity contribution in [3.8, 4) is 0 Å². The van der Waals surface area contributed by atoms with Crippen molar-refractivity contribution in [2.45, 2.75) is 12.8 Å². The van der Waals surface area contributed by atoms with E-state index >= 15 is 0 Å². The number of carbonyl (C=O) groups is 1. The van der Waals surface area contributed by atoms with Crippen LogP contribution in [0.4, 0.5) is 5.82 Å². The van der Waals surface area contributed by atoms with Gasteiger partial charge in [0.05, 0.1) is 0 Å². The molecule has 0 radical (unpaired) electrons. The van der Waals surface area contributed by atoms with Gasteiger partial charge in [-0.3, -0.25) is 4.79 Å². The molecule has 17 heavy (non-hydrogen) atoms. The van der Waals surface area contributed by atoms with Crippen LogP contribution in [0.15, 0.2) is 12.1 Å². The lowest BCUT2D eigenvalue weighted by atomic mass is 9.97. The molecule has 1 amide bonds. The Morgan fingerprint density at radius 3 is 2.53 bits per heavy atom. The molecule has 4 N–H and O–H groups in total. The summed E-state index contributed by atoms with van der Waals surface area (Å²) in [6.07, 6.45) is 2.16. The van der Waals surface area contributed by atoms with Gasteiger partial charge in [-0.25, -0.2) is 0 Å². The summed E-state index contributed by atoms with van der Waals surface area (Å²) in [5.41, 5.74) is 11.0. The Morgan fingerprint density at radius 1 is 1.35 bits per heavy atom. The molecule has 1 aliphatic rings. The summed E-state index contributed by atoms with van der Waals surface area (Å²) in [5, 5.41) is 7.82. The molecule has 0 bridgehead atoms. The van der Waals surface area contributed by atoms with Gasteiger partial charge in [-0.05, 0) is 37.4 Å². The van der Waals surface area contributed by atoms with Crippen LogP contribution >= 0.6 is 0 Å². The molecule has 1 saturated heterocycles. The SMILES string of the molecule is NCC1CCN(c2ccc(C(N)=O)nn2)CC1. The third kappa shape index (κ3) is 2.71. The molecule has 1 aliphatic heterocycles. The largest absolute Gasteiger partial charge is 0.364 e. The minimum absolute atomic E-state index is 0.200. The zero-order valence-corrected chi connectivity index (χ0v) is 9.67. The van der Waals surface area contributed by atoms with E-state index in [0.717, 1.165) is 38.3 Å². The van der Waals surface area contributed by atoms with Crippen LogP contribution in [0.2, 0.25) is 0 Å². The molecule has 2 heterocycles. The molecule has 6 heteroatoms. The standard InChI is InChI=1S/C11H17N5O/c12-7-8-3-5-16(6-4-8)10-2-1-9(11(13)17)14-15-10/h1-2,8H,3-7,12H2,(H2,13,17). The van der Waals surface area contributed by atoms with E-state index in [1.807, 2.05) is 0 Å². The topological polar surface area (TPSA) is 98.1 Å². The fourth-order valence-corrected chi connectivity index (χ4v) is 2.02. The number of amides is 1. The first-order chi connectivity index (χ1) is 8.20. The predicted molar refractivity (Wildman–Crippen MR) is 64.5 cm³/mol. The number of hydrogen-bond donors (Lipinski definition) is 2. The van der Waals surface area contributed by atoms with Crippen LogP contribution in [0.25, 0.3) is 0 Å². The van der Waals surface area contributed by atoms with E-state index in [9.17, 15) is 4.79 Å². The number of rotatable bonds is 3. The van der Waals surface area contributed by atoms with E-state index in [1.165, 1.54) is 0 Å². The van der Waals surface area contributed by atoms with Gasteiger partial charge in [0, 0.05) is 13.1 Å². The number of nitrogens with two attached hydrogens (primary N) is 2. The minimum atomic E-state index is -0.550. The average Bonchev–Trinajstić information content (AvgIpc) is 2.39. The summed E-state index contributed by atoms with van der Waals surface area (Å²) in [6.45, 7) is 2.62. The number of aromatic nitrogens is 2. The van der Waals surface area contributed by atoms with Crippen LogP contribution in [-0.4, -0.2) is 35.7 Å².